The fourth-order valence-electron chi connectivity index (χ4n) is 2.98. The van der Waals surface area contributed by atoms with Crippen molar-refractivity contribution in [3.63, 3.8) is 0 Å². The third kappa shape index (κ3) is 2.52. The quantitative estimate of drug-likeness (QED) is 0.748. The van der Waals surface area contributed by atoms with E-state index in [1.807, 2.05) is 6.92 Å². The number of nitrogens with zero attached hydrogens (tertiary/aromatic N) is 1. The van der Waals surface area contributed by atoms with Gasteiger partial charge in [0.25, 0.3) is 0 Å². The van der Waals surface area contributed by atoms with Gasteiger partial charge < -0.3 is 10.5 Å². The van der Waals surface area contributed by atoms with Crippen LogP contribution in [0.5, 0.6) is 0 Å². The fraction of sp³-hybridized carbons (Fsp3) is 1.00. The minimum atomic E-state index is 0.157. The minimum absolute atomic E-state index is 0.157. The Labute approximate surface area is 93.0 Å². The van der Waals surface area contributed by atoms with Crippen LogP contribution in [0, 0.1) is 5.92 Å². The predicted molar refractivity (Wildman–Crippen MR) is 61.8 cm³/mol. The molecule has 2 rings (SSSR count). The molecule has 1 saturated carbocycles. The lowest BCUT2D eigenvalue weighted by Gasteiger charge is -2.39. The first kappa shape index (κ1) is 11.4. The Morgan fingerprint density at radius 3 is 2.80 bits per heavy atom. The molecule has 0 radical (unpaired) electrons. The van der Waals surface area contributed by atoms with Gasteiger partial charge in [0.05, 0.1) is 12.7 Å². The van der Waals surface area contributed by atoms with Gasteiger partial charge in [-0.2, -0.15) is 0 Å². The van der Waals surface area contributed by atoms with E-state index in [4.69, 9.17) is 10.5 Å². The second-order valence-electron chi connectivity index (χ2n) is 5.24. The smallest absolute Gasteiger partial charge is 0.0850 e. The van der Waals surface area contributed by atoms with Crippen LogP contribution in [0.1, 0.15) is 33.1 Å². The van der Waals surface area contributed by atoms with E-state index >= 15 is 0 Å². The maximum absolute atomic E-state index is 5.91. The van der Waals surface area contributed by atoms with Crippen molar-refractivity contribution in [1.29, 1.82) is 0 Å². The highest BCUT2D eigenvalue weighted by atomic mass is 16.5. The summed E-state index contributed by atoms with van der Waals surface area (Å²) < 4.78 is 5.70. The van der Waals surface area contributed by atoms with Crippen LogP contribution >= 0.6 is 0 Å². The average Bonchev–Trinajstić information content (AvgIpc) is 2.64. The van der Waals surface area contributed by atoms with E-state index in [-0.39, 0.29) is 12.1 Å². The van der Waals surface area contributed by atoms with Gasteiger partial charge in [-0.1, -0.05) is 13.3 Å². The fourth-order valence-corrected chi connectivity index (χ4v) is 2.98. The summed E-state index contributed by atoms with van der Waals surface area (Å²) >= 11 is 0. The van der Waals surface area contributed by atoms with Crippen LogP contribution in [0.3, 0.4) is 0 Å². The highest BCUT2D eigenvalue weighted by Crippen LogP contribution is 2.30. The zero-order valence-corrected chi connectivity index (χ0v) is 9.98. The number of ether oxygens (including phenoxy) is 1. The van der Waals surface area contributed by atoms with Crippen molar-refractivity contribution < 1.29 is 4.74 Å². The summed E-state index contributed by atoms with van der Waals surface area (Å²) in [6, 6.07) is 0.944. The number of rotatable bonds is 2. The van der Waals surface area contributed by atoms with Crippen molar-refractivity contribution >= 4 is 0 Å². The molecule has 1 aliphatic carbocycles. The average molecular weight is 212 g/mol. The summed E-state index contributed by atoms with van der Waals surface area (Å²) in [7, 11) is 0. The lowest BCUT2D eigenvalue weighted by Crippen LogP contribution is -2.53. The standard InChI is InChI=1S/C12H24N2O/c1-9-4-3-5-11(9)14-6-7-15-12(8-14)10(2)13/h9-12H,3-8,13H2,1-2H3. The molecule has 3 heteroatoms. The molecule has 0 spiro atoms. The molecular weight excluding hydrogens is 188 g/mol. The number of nitrogens with two attached hydrogens (primary N) is 1. The Morgan fingerprint density at radius 1 is 1.40 bits per heavy atom. The van der Waals surface area contributed by atoms with Gasteiger partial charge in [0.2, 0.25) is 0 Å². The molecule has 88 valence electrons. The maximum atomic E-state index is 5.91. The molecule has 4 unspecified atom stereocenters. The Balaban J connectivity index is 1.92. The molecule has 2 N–H and O–H groups in total. The number of morpholine rings is 1. The molecule has 3 nitrogen and oxygen atoms in total. The largest absolute Gasteiger partial charge is 0.374 e. The Morgan fingerprint density at radius 2 is 2.20 bits per heavy atom. The third-order valence-electron chi connectivity index (χ3n) is 4.00. The molecule has 2 aliphatic rings. The first-order chi connectivity index (χ1) is 7.18. The Bertz CT molecular complexity index is 208. The van der Waals surface area contributed by atoms with Crippen LogP contribution in [0.15, 0.2) is 0 Å². The highest BCUT2D eigenvalue weighted by Gasteiger charge is 2.33. The lowest BCUT2D eigenvalue weighted by atomic mass is 10.0. The van der Waals surface area contributed by atoms with Gasteiger partial charge in [-0.05, 0) is 25.7 Å². The van der Waals surface area contributed by atoms with E-state index in [0.717, 1.165) is 31.7 Å². The van der Waals surface area contributed by atoms with E-state index in [2.05, 4.69) is 11.8 Å². The van der Waals surface area contributed by atoms with Crippen molar-refractivity contribution in [2.24, 2.45) is 11.7 Å². The Hall–Kier alpha value is -0.120. The van der Waals surface area contributed by atoms with Gasteiger partial charge >= 0.3 is 0 Å². The minimum Gasteiger partial charge on any atom is -0.374 e. The van der Waals surface area contributed by atoms with Crippen LogP contribution in [0.2, 0.25) is 0 Å². The third-order valence-corrected chi connectivity index (χ3v) is 4.00. The van der Waals surface area contributed by atoms with Crippen LogP contribution in [0.25, 0.3) is 0 Å². The summed E-state index contributed by atoms with van der Waals surface area (Å²) in [5.41, 5.74) is 5.91. The van der Waals surface area contributed by atoms with Gasteiger partial charge in [0.15, 0.2) is 0 Å². The molecule has 1 aliphatic heterocycles. The first-order valence-corrected chi connectivity index (χ1v) is 6.29. The zero-order valence-electron chi connectivity index (χ0n) is 9.98. The van der Waals surface area contributed by atoms with E-state index < -0.39 is 0 Å². The summed E-state index contributed by atoms with van der Waals surface area (Å²) in [5.74, 6) is 0.858. The van der Waals surface area contributed by atoms with Gasteiger partial charge in [-0.25, -0.2) is 0 Å². The molecule has 0 aromatic heterocycles. The molecule has 2 fully saturated rings. The van der Waals surface area contributed by atoms with Crippen molar-refractivity contribution in [3.05, 3.63) is 0 Å². The van der Waals surface area contributed by atoms with Crippen molar-refractivity contribution in [3.8, 4) is 0 Å². The molecule has 0 aromatic carbocycles. The molecular formula is C12H24N2O. The predicted octanol–water partition coefficient (Wildman–Crippen LogP) is 1.22. The second-order valence-corrected chi connectivity index (χ2v) is 5.24. The summed E-state index contributed by atoms with van der Waals surface area (Å²) in [6.45, 7) is 7.42. The summed E-state index contributed by atoms with van der Waals surface area (Å²) in [5, 5.41) is 0. The molecule has 4 atom stereocenters. The summed E-state index contributed by atoms with van der Waals surface area (Å²) in [4.78, 5) is 2.61. The van der Waals surface area contributed by atoms with Gasteiger partial charge in [0.1, 0.15) is 0 Å². The molecule has 15 heavy (non-hydrogen) atoms. The topological polar surface area (TPSA) is 38.5 Å². The molecule has 1 saturated heterocycles. The zero-order chi connectivity index (χ0) is 10.8. The van der Waals surface area contributed by atoms with Crippen molar-refractivity contribution in [1.82, 2.24) is 4.90 Å². The lowest BCUT2D eigenvalue weighted by molar-refractivity contribution is -0.0555. The molecule has 1 heterocycles. The monoisotopic (exact) mass is 212 g/mol. The van der Waals surface area contributed by atoms with E-state index in [0.29, 0.717) is 0 Å². The van der Waals surface area contributed by atoms with Gasteiger partial charge in [-0.15, -0.1) is 0 Å². The van der Waals surface area contributed by atoms with Crippen molar-refractivity contribution in [2.75, 3.05) is 19.7 Å². The number of hydrogen-bond acceptors (Lipinski definition) is 3. The second kappa shape index (κ2) is 4.81. The van der Waals surface area contributed by atoms with Crippen LogP contribution in [-0.2, 0) is 4.74 Å². The molecule has 0 amide bonds. The number of hydrogen-bond donors (Lipinski definition) is 1. The summed E-state index contributed by atoms with van der Waals surface area (Å²) in [6.07, 6.45) is 4.40. The molecule has 0 aromatic rings. The van der Waals surface area contributed by atoms with Crippen LogP contribution in [-0.4, -0.2) is 42.8 Å². The Kier molecular flexibility index (Phi) is 3.65. The van der Waals surface area contributed by atoms with E-state index in [9.17, 15) is 0 Å². The van der Waals surface area contributed by atoms with Crippen LogP contribution in [0.4, 0.5) is 0 Å². The highest BCUT2D eigenvalue weighted by molar-refractivity contribution is 4.87. The van der Waals surface area contributed by atoms with Gasteiger partial charge in [0, 0.05) is 25.2 Å². The maximum Gasteiger partial charge on any atom is 0.0850 e. The molecule has 0 bridgehead atoms. The first-order valence-electron chi connectivity index (χ1n) is 6.29. The van der Waals surface area contributed by atoms with E-state index in [1.165, 1.54) is 19.3 Å². The normalized spacial score (nSPS) is 40.6. The van der Waals surface area contributed by atoms with E-state index in [1.54, 1.807) is 0 Å². The van der Waals surface area contributed by atoms with Crippen LogP contribution < -0.4 is 5.73 Å². The van der Waals surface area contributed by atoms with Gasteiger partial charge in [-0.3, -0.25) is 4.90 Å². The SMILES string of the molecule is CC(N)C1CN(C2CCCC2C)CCO1. The van der Waals surface area contributed by atoms with Crippen molar-refractivity contribution in [2.45, 2.75) is 51.3 Å².